The number of anilines is 1. The van der Waals surface area contributed by atoms with E-state index in [0.717, 1.165) is 56.4 Å². The molecule has 29 heavy (non-hydrogen) atoms. The number of benzene rings is 1. The van der Waals surface area contributed by atoms with Crippen molar-refractivity contribution < 1.29 is 13.2 Å². The van der Waals surface area contributed by atoms with Gasteiger partial charge in [-0.2, -0.15) is 0 Å². The minimum absolute atomic E-state index is 0.160. The predicted octanol–water partition coefficient (Wildman–Crippen LogP) is 2.92. The Balaban J connectivity index is 1.38. The van der Waals surface area contributed by atoms with Crippen LogP contribution in [0.15, 0.2) is 23.1 Å². The Kier molecular flexibility index (Phi) is 6.27. The maximum Gasteiger partial charge on any atom is 0.240 e. The van der Waals surface area contributed by atoms with Crippen LogP contribution in [0.4, 0.5) is 5.69 Å². The van der Waals surface area contributed by atoms with Crippen molar-refractivity contribution in [2.45, 2.75) is 69.2 Å². The molecule has 1 saturated heterocycles. The first-order valence-electron chi connectivity index (χ1n) is 11.2. The largest absolute Gasteiger partial charge is 0.312 e. The highest BCUT2D eigenvalue weighted by Crippen LogP contribution is 2.35. The third-order valence-corrected chi connectivity index (χ3v) is 8.35. The zero-order chi connectivity index (χ0) is 20.4. The lowest BCUT2D eigenvalue weighted by atomic mass is 9.84. The zero-order valence-electron chi connectivity index (χ0n) is 17.4. The summed E-state index contributed by atoms with van der Waals surface area (Å²) in [5, 5.41) is 0. The maximum absolute atomic E-state index is 12.8. The van der Waals surface area contributed by atoms with E-state index in [1.54, 1.807) is 12.1 Å². The van der Waals surface area contributed by atoms with Gasteiger partial charge in [-0.15, -0.1) is 0 Å². The normalized spacial score (nSPS) is 23.1. The highest BCUT2D eigenvalue weighted by atomic mass is 32.2. The number of hydrogen-bond donors (Lipinski definition) is 1. The van der Waals surface area contributed by atoms with Crippen LogP contribution in [0.1, 0.15) is 57.4 Å². The Bertz CT molecular complexity index is 851. The van der Waals surface area contributed by atoms with Crippen molar-refractivity contribution in [2.24, 2.45) is 5.92 Å². The molecule has 0 aromatic heterocycles. The van der Waals surface area contributed by atoms with E-state index in [0.29, 0.717) is 24.0 Å². The third kappa shape index (κ3) is 4.37. The molecule has 2 aliphatic heterocycles. The van der Waals surface area contributed by atoms with E-state index < -0.39 is 10.0 Å². The van der Waals surface area contributed by atoms with Gasteiger partial charge in [0, 0.05) is 37.3 Å². The molecule has 3 aliphatic rings. The number of nitrogens with zero attached hydrogens (tertiary/aromatic N) is 2. The number of nitrogens with one attached hydrogen (secondary N) is 1. The molecule has 1 atom stereocenters. The molecule has 1 aliphatic carbocycles. The molecule has 1 amide bonds. The second kappa shape index (κ2) is 8.74. The molecule has 1 aromatic rings. The van der Waals surface area contributed by atoms with Gasteiger partial charge in [-0.05, 0) is 68.8 Å². The Hall–Kier alpha value is -1.44. The predicted molar refractivity (Wildman–Crippen MR) is 115 cm³/mol. The topological polar surface area (TPSA) is 69.7 Å². The first kappa shape index (κ1) is 20.8. The molecule has 1 aromatic carbocycles. The molecule has 0 bridgehead atoms. The van der Waals surface area contributed by atoms with E-state index in [1.165, 1.54) is 19.3 Å². The summed E-state index contributed by atoms with van der Waals surface area (Å²) < 4.78 is 28.4. The zero-order valence-corrected chi connectivity index (χ0v) is 18.2. The Morgan fingerprint density at radius 2 is 1.97 bits per heavy atom. The van der Waals surface area contributed by atoms with Gasteiger partial charge in [-0.25, -0.2) is 13.1 Å². The smallest absolute Gasteiger partial charge is 0.240 e. The third-order valence-electron chi connectivity index (χ3n) is 6.89. The highest BCUT2D eigenvalue weighted by Gasteiger charge is 2.34. The Labute approximate surface area is 174 Å². The van der Waals surface area contributed by atoms with E-state index in [1.807, 2.05) is 11.0 Å². The molecule has 6 nitrogen and oxygen atoms in total. The average Bonchev–Trinajstić information content (AvgIpc) is 3.10. The number of carbonyl (C=O) groups excluding carboxylic acids is 1. The Morgan fingerprint density at radius 1 is 1.14 bits per heavy atom. The van der Waals surface area contributed by atoms with Crippen LogP contribution >= 0.6 is 0 Å². The molecular weight excluding hydrogens is 386 g/mol. The van der Waals surface area contributed by atoms with Crippen LogP contribution < -0.4 is 9.62 Å². The van der Waals surface area contributed by atoms with Crippen molar-refractivity contribution in [3.05, 3.63) is 23.8 Å². The van der Waals surface area contributed by atoms with Gasteiger partial charge in [-0.1, -0.05) is 19.8 Å². The van der Waals surface area contributed by atoms with Crippen LogP contribution in [-0.2, 0) is 21.2 Å². The number of rotatable bonds is 7. The molecule has 7 heteroatoms. The standard InChI is InChI=1S/C22H33N3O3S/c1-2-19-8-3-4-13-24(19)15-12-23-29(27,28)20-9-10-21-18(16-20)11-14-25(21)22(26)17-6-5-7-17/h9-10,16-17,19,23H,2-8,11-15H2,1H3. The summed E-state index contributed by atoms with van der Waals surface area (Å²) in [5.74, 6) is 0.364. The maximum atomic E-state index is 12.8. The molecule has 1 N–H and O–H groups in total. The fourth-order valence-electron chi connectivity index (χ4n) is 4.87. The average molecular weight is 420 g/mol. The lowest BCUT2D eigenvalue weighted by molar-refractivity contribution is -0.124. The van der Waals surface area contributed by atoms with Crippen LogP contribution in [0.25, 0.3) is 0 Å². The molecule has 2 heterocycles. The van der Waals surface area contributed by atoms with E-state index in [4.69, 9.17) is 0 Å². The summed E-state index contributed by atoms with van der Waals surface area (Å²) in [6, 6.07) is 5.78. The van der Waals surface area contributed by atoms with Crippen molar-refractivity contribution in [3.8, 4) is 0 Å². The fraction of sp³-hybridized carbons (Fsp3) is 0.682. The molecule has 0 radical (unpaired) electrons. The minimum Gasteiger partial charge on any atom is -0.312 e. The van der Waals surface area contributed by atoms with Crippen LogP contribution in [0.3, 0.4) is 0 Å². The van der Waals surface area contributed by atoms with Crippen LogP contribution in [0, 0.1) is 5.92 Å². The van der Waals surface area contributed by atoms with Crippen molar-refractivity contribution in [3.63, 3.8) is 0 Å². The number of amides is 1. The summed E-state index contributed by atoms with van der Waals surface area (Å²) in [7, 11) is -3.53. The SMILES string of the molecule is CCC1CCCCN1CCNS(=O)(=O)c1ccc2c(c1)CCN2C(=O)C1CCC1. The summed E-state index contributed by atoms with van der Waals surface area (Å²) in [4.78, 5) is 17.2. The second-order valence-corrected chi connectivity index (χ2v) is 10.4. The highest BCUT2D eigenvalue weighted by molar-refractivity contribution is 7.89. The first-order chi connectivity index (χ1) is 14.0. The summed E-state index contributed by atoms with van der Waals surface area (Å²) in [6.07, 6.45) is 8.63. The second-order valence-electron chi connectivity index (χ2n) is 8.65. The molecule has 2 fully saturated rings. The number of fused-ring (bicyclic) bond motifs is 1. The molecule has 1 unspecified atom stereocenters. The van der Waals surface area contributed by atoms with Crippen molar-refractivity contribution in [1.29, 1.82) is 0 Å². The van der Waals surface area contributed by atoms with E-state index >= 15 is 0 Å². The summed E-state index contributed by atoms with van der Waals surface area (Å²) in [6.45, 7) is 5.12. The van der Waals surface area contributed by atoms with Gasteiger partial charge >= 0.3 is 0 Å². The fourth-order valence-corrected chi connectivity index (χ4v) is 5.94. The van der Waals surface area contributed by atoms with Gasteiger partial charge in [0.05, 0.1) is 4.90 Å². The van der Waals surface area contributed by atoms with Gasteiger partial charge in [0.15, 0.2) is 0 Å². The monoisotopic (exact) mass is 419 g/mol. The van der Waals surface area contributed by atoms with E-state index in [9.17, 15) is 13.2 Å². The van der Waals surface area contributed by atoms with Gasteiger partial charge in [0.2, 0.25) is 15.9 Å². The number of hydrogen-bond acceptors (Lipinski definition) is 4. The van der Waals surface area contributed by atoms with Gasteiger partial charge in [0.1, 0.15) is 0 Å². The lowest BCUT2D eigenvalue weighted by Gasteiger charge is -2.35. The molecule has 160 valence electrons. The molecule has 1 saturated carbocycles. The molecular formula is C22H33N3O3S. The number of sulfonamides is 1. The number of likely N-dealkylation sites (tertiary alicyclic amines) is 1. The number of carbonyl (C=O) groups is 1. The van der Waals surface area contributed by atoms with Gasteiger partial charge < -0.3 is 4.90 Å². The summed E-state index contributed by atoms with van der Waals surface area (Å²) >= 11 is 0. The van der Waals surface area contributed by atoms with Crippen LogP contribution in [-0.4, -0.2) is 51.4 Å². The van der Waals surface area contributed by atoms with Crippen molar-refractivity contribution in [2.75, 3.05) is 31.1 Å². The van der Waals surface area contributed by atoms with Gasteiger partial charge in [-0.3, -0.25) is 9.69 Å². The number of piperidine rings is 1. The van der Waals surface area contributed by atoms with Crippen LogP contribution in [0.2, 0.25) is 0 Å². The first-order valence-corrected chi connectivity index (χ1v) is 12.7. The lowest BCUT2D eigenvalue weighted by Crippen LogP contribution is -2.43. The minimum atomic E-state index is -3.53. The molecule has 0 spiro atoms. The van der Waals surface area contributed by atoms with Gasteiger partial charge in [0.25, 0.3) is 0 Å². The molecule has 4 rings (SSSR count). The Morgan fingerprint density at radius 3 is 2.69 bits per heavy atom. The quantitative estimate of drug-likeness (QED) is 0.738. The van der Waals surface area contributed by atoms with E-state index in [-0.39, 0.29) is 11.8 Å². The van der Waals surface area contributed by atoms with Crippen molar-refractivity contribution in [1.82, 2.24) is 9.62 Å². The summed E-state index contributed by atoms with van der Waals surface area (Å²) in [5.41, 5.74) is 1.85. The van der Waals surface area contributed by atoms with E-state index in [2.05, 4.69) is 16.5 Å². The van der Waals surface area contributed by atoms with Crippen LogP contribution in [0.5, 0.6) is 0 Å². The van der Waals surface area contributed by atoms with Crippen molar-refractivity contribution >= 4 is 21.6 Å².